The van der Waals surface area contributed by atoms with Crippen molar-refractivity contribution in [2.45, 2.75) is 26.3 Å². The van der Waals surface area contributed by atoms with Gasteiger partial charge in [0.25, 0.3) is 0 Å². The van der Waals surface area contributed by atoms with Crippen LogP contribution in [0.25, 0.3) is 0 Å². The fourth-order valence-electron chi connectivity index (χ4n) is 1.28. The van der Waals surface area contributed by atoms with Crippen molar-refractivity contribution in [3.63, 3.8) is 0 Å². The van der Waals surface area contributed by atoms with E-state index < -0.39 is 0 Å². The molecule has 0 aromatic heterocycles. The van der Waals surface area contributed by atoms with E-state index in [1.54, 1.807) is 0 Å². The first-order chi connectivity index (χ1) is 6.76. The predicted octanol–water partition coefficient (Wildman–Crippen LogP) is 2.46. The lowest BCUT2D eigenvalue weighted by atomic mass is 10.2. The van der Waals surface area contributed by atoms with Gasteiger partial charge in [-0.3, -0.25) is 4.99 Å². The Labute approximate surface area is 95.7 Å². The topological polar surface area (TPSA) is 24.4 Å². The standard InChI is InChI=1S/C10H20N2S2/c1-4-9(7-13-3)12-10-11-5-8(2)6-14-10/h8-9H,4-7H2,1-3H3,(H,11,12). The van der Waals surface area contributed by atoms with E-state index in [4.69, 9.17) is 0 Å². The second-order valence-electron chi connectivity index (χ2n) is 3.77. The van der Waals surface area contributed by atoms with Crippen molar-refractivity contribution in [1.29, 1.82) is 0 Å². The van der Waals surface area contributed by atoms with Crippen LogP contribution in [-0.4, -0.2) is 35.5 Å². The van der Waals surface area contributed by atoms with Gasteiger partial charge in [0, 0.05) is 24.1 Å². The number of nitrogens with zero attached hydrogens (tertiary/aromatic N) is 1. The van der Waals surface area contributed by atoms with E-state index in [0.29, 0.717) is 6.04 Å². The molecule has 0 amide bonds. The highest BCUT2D eigenvalue weighted by molar-refractivity contribution is 8.13. The molecule has 2 atom stereocenters. The molecule has 2 unspecified atom stereocenters. The van der Waals surface area contributed by atoms with Crippen LogP contribution in [-0.2, 0) is 0 Å². The van der Waals surface area contributed by atoms with E-state index >= 15 is 0 Å². The molecule has 1 aliphatic rings. The average molecular weight is 232 g/mol. The molecule has 0 aromatic carbocycles. The molecule has 1 aliphatic heterocycles. The van der Waals surface area contributed by atoms with Crippen LogP contribution in [0.2, 0.25) is 0 Å². The zero-order valence-corrected chi connectivity index (χ0v) is 10.9. The molecule has 4 heteroatoms. The largest absolute Gasteiger partial charge is 0.361 e. The smallest absolute Gasteiger partial charge is 0.156 e. The zero-order chi connectivity index (χ0) is 10.4. The SMILES string of the molecule is CCC(CSC)NC1=NCC(C)CS1. The number of hydrogen-bond donors (Lipinski definition) is 1. The average Bonchev–Trinajstić information content (AvgIpc) is 2.20. The number of aliphatic imine (C=N–C) groups is 1. The highest BCUT2D eigenvalue weighted by Crippen LogP contribution is 2.16. The molecule has 82 valence electrons. The van der Waals surface area contributed by atoms with Gasteiger partial charge in [-0.15, -0.1) is 0 Å². The summed E-state index contributed by atoms with van der Waals surface area (Å²) in [4.78, 5) is 4.54. The summed E-state index contributed by atoms with van der Waals surface area (Å²) in [7, 11) is 0. The summed E-state index contributed by atoms with van der Waals surface area (Å²) in [6, 6.07) is 0.588. The van der Waals surface area contributed by atoms with Crippen molar-refractivity contribution in [2.24, 2.45) is 10.9 Å². The Morgan fingerprint density at radius 2 is 2.50 bits per heavy atom. The molecule has 1 N–H and O–H groups in total. The summed E-state index contributed by atoms with van der Waals surface area (Å²) in [6.45, 7) is 5.47. The van der Waals surface area contributed by atoms with Crippen LogP contribution < -0.4 is 5.32 Å². The zero-order valence-electron chi connectivity index (χ0n) is 9.25. The molecule has 1 rings (SSSR count). The van der Waals surface area contributed by atoms with E-state index in [2.05, 4.69) is 30.4 Å². The van der Waals surface area contributed by atoms with Gasteiger partial charge in [-0.25, -0.2) is 0 Å². The van der Waals surface area contributed by atoms with Crippen molar-refractivity contribution in [3.05, 3.63) is 0 Å². The number of amidine groups is 1. The maximum absolute atomic E-state index is 4.54. The molecule has 0 spiro atoms. The Morgan fingerprint density at radius 1 is 1.71 bits per heavy atom. The fraction of sp³-hybridized carbons (Fsp3) is 0.900. The first kappa shape index (κ1) is 12.2. The second kappa shape index (κ2) is 6.62. The molecule has 0 saturated heterocycles. The fourth-order valence-corrected chi connectivity index (χ4v) is 2.97. The van der Waals surface area contributed by atoms with Gasteiger partial charge in [-0.2, -0.15) is 11.8 Å². The van der Waals surface area contributed by atoms with E-state index in [1.165, 1.54) is 17.9 Å². The lowest BCUT2D eigenvalue weighted by Gasteiger charge is -2.22. The number of nitrogens with one attached hydrogen (secondary N) is 1. The number of thioether (sulfide) groups is 2. The number of rotatable bonds is 4. The first-order valence-corrected chi connectivity index (χ1v) is 7.57. The molecule has 0 radical (unpaired) electrons. The van der Waals surface area contributed by atoms with Crippen LogP contribution in [0.4, 0.5) is 0 Å². The van der Waals surface area contributed by atoms with Crippen LogP contribution in [0.1, 0.15) is 20.3 Å². The van der Waals surface area contributed by atoms with Gasteiger partial charge in [-0.05, 0) is 18.6 Å². The van der Waals surface area contributed by atoms with Crippen molar-refractivity contribution in [2.75, 3.05) is 24.3 Å². The van der Waals surface area contributed by atoms with Crippen molar-refractivity contribution >= 4 is 28.7 Å². The molecule has 14 heavy (non-hydrogen) atoms. The number of hydrogen-bond acceptors (Lipinski definition) is 4. The Balaban J connectivity index is 2.34. The van der Waals surface area contributed by atoms with Gasteiger partial charge in [0.1, 0.15) is 0 Å². The van der Waals surface area contributed by atoms with Gasteiger partial charge < -0.3 is 5.32 Å². The quantitative estimate of drug-likeness (QED) is 0.806. The van der Waals surface area contributed by atoms with Crippen LogP contribution in [0.15, 0.2) is 4.99 Å². The Kier molecular flexibility index (Phi) is 5.78. The van der Waals surface area contributed by atoms with Crippen LogP contribution >= 0.6 is 23.5 Å². The molecule has 2 nitrogen and oxygen atoms in total. The summed E-state index contributed by atoms with van der Waals surface area (Å²) < 4.78 is 0. The lowest BCUT2D eigenvalue weighted by molar-refractivity contribution is 0.636. The molecule has 1 heterocycles. The van der Waals surface area contributed by atoms with Gasteiger partial charge in [-0.1, -0.05) is 25.6 Å². The van der Waals surface area contributed by atoms with E-state index in [-0.39, 0.29) is 0 Å². The van der Waals surface area contributed by atoms with Gasteiger partial charge in [0.2, 0.25) is 0 Å². The first-order valence-electron chi connectivity index (χ1n) is 5.19. The third-order valence-electron chi connectivity index (χ3n) is 2.24. The Bertz CT molecular complexity index is 195. The maximum Gasteiger partial charge on any atom is 0.156 e. The summed E-state index contributed by atoms with van der Waals surface area (Å²) in [5, 5.41) is 4.68. The molecule has 0 fully saturated rings. The van der Waals surface area contributed by atoms with E-state index in [9.17, 15) is 0 Å². The summed E-state index contributed by atoms with van der Waals surface area (Å²) >= 11 is 3.77. The predicted molar refractivity (Wildman–Crippen MR) is 69.5 cm³/mol. The highest BCUT2D eigenvalue weighted by Gasteiger charge is 2.14. The Morgan fingerprint density at radius 3 is 3.00 bits per heavy atom. The summed E-state index contributed by atoms with van der Waals surface area (Å²) in [6.07, 6.45) is 3.33. The van der Waals surface area contributed by atoms with Crippen molar-refractivity contribution in [3.8, 4) is 0 Å². The minimum Gasteiger partial charge on any atom is -0.361 e. The highest BCUT2D eigenvalue weighted by atomic mass is 32.2. The molecule has 0 bridgehead atoms. The van der Waals surface area contributed by atoms with Crippen LogP contribution in [0.3, 0.4) is 0 Å². The lowest BCUT2D eigenvalue weighted by Crippen LogP contribution is -2.36. The normalized spacial score (nSPS) is 24.2. The molecule has 0 aliphatic carbocycles. The third-order valence-corrected chi connectivity index (χ3v) is 4.23. The van der Waals surface area contributed by atoms with Gasteiger partial charge >= 0.3 is 0 Å². The molecular weight excluding hydrogens is 212 g/mol. The third kappa shape index (κ3) is 4.13. The summed E-state index contributed by atoms with van der Waals surface area (Å²) in [5.41, 5.74) is 0. The Hall–Kier alpha value is 0.170. The molecule has 0 aromatic rings. The summed E-state index contributed by atoms with van der Waals surface area (Å²) in [5.74, 6) is 3.12. The van der Waals surface area contributed by atoms with Gasteiger partial charge in [0.15, 0.2) is 5.17 Å². The maximum atomic E-state index is 4.54. The minimum atomic E-state index is 0.588. The van der Waals surface area contributed by atoms with E-state index in [0.717, 1.165) is 17.6 Å². The van der Waals surface area contributed by atoms with Crippen LogP contribution in [0.5, 0.6) is 0 Å². The van der Waals surface area contributed by atoms with Crippen molar-refractivity contribution in [1.82, 2.24) is 5.32 Å². The van der Waals surface area contributed by atoms with Crippen LogP contribution in [0, 0.1) is 5.92 Å². The molecular formula is C10H20N2S2. The van der Waals surface area contributed by atoms with E-state index in [1.807, 2.05) is 23.5 Å². The minimum absolute atomic E-state index is 0.588. The second-order valence-corrected chi connectivity index (χ2v) is 5.69. The van der Waals surface area contributed by atoms with Crippen molar-refractivity contribution < 1.29 is 0 Å². The van der Waals surface area contributed by atoms with Gasteiger partial charge in [0.05, 0.1) is 0 Å². The monoisotopic (exact) mass is 232 g/mol. The molecule has 0 saturated carbocycles.